The molecule has 0 aliphatic heterocycles. The van der Waals surface area contributed by atoms with Crippen LogP contribution < -0.4 is 0 Å². The summed E-state index contributed by atoms with van der Waals surface area (Å²) in [6.07, 6.45) is 7.59. The predicted molar refractivity (Wildman–Crippen MR) is 63.9 cm³/mol. The minimum Gasteiger partial charge on any atom is -0.507 e. The first-order valence-corrected chi connectivity index (χ1v) is 5.14. The third kappa shape index (κ3) is 2.28. The van der Waals surface area contributed by atoms with Crippen molar-refractivity contribution in [2.75, 3.05) is 0 Å². The van der Waals surface area contributed by atoms with Crippen molar-refractivity contribution in [1.29, 1.82) is 0 Å². The van der Waals surface area contributed by atoms with E-state index in [-0.39, 0.29) is 11.5 Å². The molecule has 0 saturated heterocycles. The van der Waals surface area contributed by atoms with Crippen LogP contribution in [-0.2, 0) is 4.79 Å². The van der Waals surface area contributed by atoms with Gasteiger partial charge in [0.1, 0.15) is 5.76 Å². The lowest BCUT2D eigenvalue weighted by Crippen LogP contribution is -1.96. The fraction of sp³-hybridized carbons (Fsp3) is 0.0714. The van der Waals surface area contributed by atoms with Gasteiger partial charge in [0.05, 0.1) is 0 Å². The van der Waals surface area contributed by atoms with Crippen LogP contribution in [0.3, 0.4) is 0 Å². The molecule has 0 spiro atoms. The Bertz CT molecular complexity index is 479. The van der Waals surface area contributed by atoms with E-state index in [1.165, 1.54) is 6.08 Å². The Balaban J connectivity index is 2.19. The van der Waals surface area contributed by atoms with Crippen LogP contribution in [-0.4, -0.2) is 10.9 Å². The molecule has 2 rings (SSSR count). The molecule has 0 aromatic heterocycles. The van der Waals surface area contributed by atoms with Crippen molar-refractivity contribution in [3.05, 3.63) is 65.8 Å². The summed E-state index contributed by atoms with van der Waals surface area (Å²) in [5, 5.41) is 9.74. The van der Waals surface area contributed by atoms with Crippen molar-refractivity contribution < 1.29 is 9.90 Å². The summed E-state index contributed by atoms with van der Waals surface area (Å²) in [7, 11) is 0. The van der Waals surface area contributed by atoms with E-state index in [1.54, 1.807) is 18.2 Å². The first-order valence-electron chi connectivity index (χ1n) is 5.14. The zero-order chi connectivity index (χ0) is 11.4. The maximum atomic E-state index is 11.7. The van der Waals surface area contributed by atoms with Crippen LogP contribution in [0.5, 0.6) is 0 Å². The predicted octanol–water partition coefficient (Wildman–Crippen LogP) is 3.04. The van der Waals surface area contributed by atoms with Gasteiger partial charge in [-0.1, -0.05) is 48.6 Å². The molecule has 1 aromatic rings. The molecule has 0 atom stereocenters. The molecule has 2 nitrogen and oxygen atoms in total. The molecule has 1 aromatic carbocycles. The van der Waals surface area contributed by atoms with Crippen molar-refractivity contribution in [3.8, 4) is 0 Å². The zero-order valence-electron chi connectivity index (χ0n) is 8.76. The highest BCUT2D eigenvalue weighted by Gasteiger charge is 2.08. The minimum absolute atomic E-state index is 0.00630. The van der Waals surface area contributed by atoms with Gasteiger partial charge in [0.15, 0.2) is 5.78 Å². The van der Waals surface area contributed by atoms with E-state index >= 15 is 0 Å². The van der Waals surface area contributed by atoms with Gasteiger partial charge in [-0.3, -0.25) is 4.79 Å². The van der Waals surface area contributed by atoms with Crippen LogP contribution in [0, 0.1) is 0 Å². The fourth-order valence-electron chi connectivity index (χ4n) is 1.54. The van der Waals surface area contributed by atoms with E-state index < -0.39 is 0 Å². The number of aliphatic hydroxyl groups excluding tert-OH is 1. The number of benzene rings is 1. The van der Waals surface area contributed by atoms with E-state index in [4.69, 9.17) is 0 Å². The summed E-state index contributed by atoms with van der Waals surface area (Å²) >= 11 is 0. The molecule has 0 amide bonds. The average molecular weight is 212 g/mol. The highest BCUT2D eigenvalue weighted by atomic mass is 16.3. The van der Waals surface area contributed by atoms with Crippen LogP contribution in [0.4, 0.5) is 0 Å². The number of hydrogen-bond acceptors (Lipinski definition) is 2. The van der Waals surface area contributed by atoms with Crippen LogP contribution in [0.25, 0.3) is 5.76 Å². The van der Waals surface area contributed by atoms with Gasteiger partial charge in [-0.05, 0) is 6.42 Å². The summed E-state index contributed by atoms with van der Waals surface area (Å²) < 4.78 is 0. The van der Waals surface area contributed by atoms with Crippen LogP contribution in [0.2, 0.25) is 0 Å². The second kappa shape index (κ2) is 4.62. The van der Waals surface area contributed by atoms with Gasteiger partial charge in [0.25, 0.3) is 0 Å². The summed E-state index contributed by atoms with van der Waals surface area (Å²) in [5.41, 5.74) is 1.29. The highest BCUT2D eigenvalue weighted by molar-refractivity contribution is 6.09. The molecule has 0 heterocycles. The topological polar surface area (TPSA) is 37.3 Å². The van der Waals surface area contributed by atoms with Crippen LogP contribution in [0.1, 0.15) is 12.0 Å². The monoisotopic (exact) mass is 212 g/mol. The van der Waals surface area contributed by atoms with E-state index in [0.29, 0.717) is 11.1 Å². The molecular formula is C14H12O2. The van der Waals surface area contributed by atoms with Crippen molar-refractivity contribution in [2.45, 2.75) is 6.42 Å². The Labute approximate surface area is 94.2 Å². The van der Waals surface area contributed by atoms with Gasteiger partial charge >= 0.3 is 0 Å². The van der Waals surface area contributed by atoms with Gasteiger partial charge in [0.2, 0.25) is 0 Å². The average Bonchev–Trinajstić information content (AvgIpc) is 2.83. The summed E-state index contributed by atoms with van der Waals surface area (Å²) in [4.78, 5) is 11.7. The SMILES string of the molecule is O=C(/C=C(\O)c1ccccc1)C1=CCC=C1. The normalized spacial score (nSPS) is 15.0. The lowest BCUT2D eigenvalue weighted by molar-refractivity contribution is -0.111. The Morgan fingerprint density at radius 3 is 2.62 bits per heavy atom. The minimum atomic E-state index is -0.157. The van der Waals surface area contributed by atoms with E-state index in [2.05, 4.69) is 0 Å². The van der Waals surface area contributed by atoms with Crippen molar-refractivity contribution in [1.82, 2.24) is 0 Å². The molecule has 0 unspecified atom stereocenters. The number of allylic oxidation sites excluding steroid dienone is 5. The van der Waals surface area contributed by atoms with Crippen molar-refractivity contribution in [2.24, 2.45) is 0 Å². The van der Waals surface area contributed by atoms with Gasteiger partial charge in [-0.15, -0.1) is 0 Å². The lowest BCUT2D eigenvalue weighted by atomic mass is 10.1. The van der Waals surface area contributed by atoms with Crippen molar-refractivity contribution in [3.63, 3.8) is 0 Å². The number of aliphatic hydroxyl groups is 1. The largest absolute Gasteiger partial charge is 0.507 e. The number of carbonyl (C=O) groups is 1. The highest BCUT2D eigenvalue weighted by Crippen LogP contribution is 2.15. The standard InChI is InChI=1S/C14H12O2/c15-13(11-6-2-1-3-7-11)10-14(16)12-8-4-5-9-12/h1-4,6-10,15H,5H2/b13-10-. The molecule has 1 aliphatic carbocycles. The first kappa shape index (κ1) is 10.4. The lowest BCUT2D eigenvalue weighted by Gasteiger charge is -1.99. The fourth-order valence-corrected chi connectivity index (χ4v) is 1.54. The molecule has 80 valence electrons. The van der Waals surface area contributed by atoms with Crippen molar-refractivity contribution >= 4 is 11.5 Å². The van der Waals surface area contributed by atoms with Gasteiger partial charge in [-0.25, -0.2) is 0 Å². The molecule has 16 heavy (non-hydrogen) atoms. The Hall–Kier alpha value is -2.09. The summed E-state index contributed by atoms with van der Waals surface area (Å²) in [6.45, 7) is 0. The third-order valence-electron chi connectivity index (χ3n) is 2.39. The molecule has 0 saturated carbocycles. The number of rotatable bonds is 3. The molecule has 0 bridgehead atoms. The van der Waals surface area contributed by atoms with Gasteiger partial charge in [0, 0.05) is 17.2 Å². The van der Waals surface area contributed by atoms with Gasteiger partial charge in [-0.2, -0.15) is 0 Å². The maximum Gasteiger partial charge on any atom is 0.189 e. The zero-order valence-corrected chi connectivity index (χ0v) is 8.76. The van der Waals surface area contributed by atoms with Crippen LogP contribution >= 0.6 is 0 Å². The third-order valence-corrected chi connectivity index (χ3v) is 2.39. The second-order valence-electron chi connectivity index (χ2n) is 3.56. The van der Waals surface area contributed by atoms with E-state index in [1.807, 2.05) is 30.4 Å². The first-order chi connectivity index (χ1) is 7.77. The molecular weight excluding hydrogens is 200 g/mol. The summed E-state index contributed by atoms with van der Waals surface area (Å²) in [6, 6.07) is 9.02. The molecule has 0 radical (unpaired) electrons. The van der Waals surface area contributed by atoms with Gasteiger partial charge < -0.3 is 5.11 Å². The maximum absolute atomic E-state index is 11.7. The molecule has 1 aliphatic rings. The Morgan fingerprint density at radius 2 is 2.00 bits per heavy atom. The van der Waals surface area contributed by atoms with E-state index in [0.717, 1.165) is 6.42 Å². The summed E-state index contributed by atoms with van der Waals surface area (Å²) in [5.74, 6) is -0.151. The second-order valence-corrected chi connectivity index (χ2v) is 3.56. The number of ketones is 1. The number of carbonyl (C=O) groups excluding carboxylic acids is 1. The smallest absolute Gasteiger partial charge is 0.189 e. The Morgan fingerprint density at radius 1 is 1.25 bits per heavy atom. The van der Waals surface area contributed by atoms with Crippen LogP contribution in [0.15, 0.2) is 60.2 Å². The molecule has 1 N–H and O–H groups in total. The molecule has 0 fully saturated rings. The quantitative estimate of drug-likeness (QED) is 0.617. The Kier molecular flexibility index (Phi) is 3.01. The molecule has 2 heteroatoms. The van der Waals surface area contributed by atoms with E-state index in [9.17, 15) is 9.90 Å². The number of hydrogen-bond donors (Lipinski definition) is 1.